The lowest BCUT2D eigenvalue weighted by atomic mass is 9.97. The van der Waals surface area contributed by atoms with E-state index in [-0.39, 0.29) is 24.5 Å². The van der Waals surface area contributed by atoms with Crippen LogP contribution in [0.1, 0.15) is 31.2 Å². The number of likely N-dealkylation sites (tertiary alicyclic amines) is 1. The third-order valence-corrected chi connectivity index (χ3v) is 5.54. The van der Waals surface area contributed by atoms with Crippen LogP contribution in [-0.2, 0) is 9.59 Å². The molecule has 148 valence electrons. The molecule has 2 unspecified atom stereocenters. The van der Waals surface area contributed by atoms with Crippen LogP contribution < -0.4 is 15.4 Å². The van der Waals surface area contributed by atoms with E-state index in [0.29, 0.717) is 29.8 Å². The number of hydrogen-bond acceptors (Lipinski definition) is 4. The van der Waals surface area contributed by atoms with E-state index in [4.69, 9.17) is 16.3 Å². The van der Waals surface area contributed by atoms with E-state index in [1.807, 2.05) is 17.9 Å². The monoisotopic (exact) mass is 393 g/mol. The lowest BCUT2D eigenvalue weighted by Gasteiger charge is -2.33. The van der Waals surface area contributed by atoms with Crippen LogP contribution in [0, 0.1) is 12.8 Å². The fourth-order valence-electron chi connectivity index (χ4n) is 3.74. The predicted octanol–water partition coefficient (Wildman–Crippen LogP) is 2.13. The van der Waals surface area contributed by atoms with Gasteiger partial charge in [-0.15, -0.1) is 0 Å². The highest BCUT2D eigenvalue weighted by Crippen LogP contribution is 2.22. The topological polar surface area (TPSA) is 70.7 Å². The van der Waals surface area contributed by atoms with Crippen molar-refractivity contribution in [1.29, 1.82) is 0 Å². The number of nitrogens with zero attached hydrogens (tertiary/aromatic N) is 1. The Labute approximate surface area is 165 Å². The van der Waals surface area contributed by atoms with Gasteiger partial charge in [0.2, 0.25) is 5.91 Å². The number of piperidine rings is 1. The molecular weight excluding hydrogens is 366 g/mol. The molecule has 27 heavy (non-hydrogen) atoms. The van der Waals surface area contributed by atoms with Gasteiger partial charge < -0.3 is 20.3 Å². The number of benzene rings is 1. The van der Waals surface area contributed by atoms with E-state index >= 15 is 0 Å². The number of hydrogen-bond donors (Lipinski definition) is 2. The summed E-state index contributed by atoms with van der Waals surface area (Å²) in [7, 11) is 0. The molecule has 0 aliphatic carbocycles. The molecule has 2 atom stereocenters. The van der Waals surface area contributed by atoms with Crippen molar-refractivity contribution >= 4 is 23.4 Å². The van der Waals surface area contributed by atoms with Crippen LogP contribution in [-0.4, -0.2) is 55.5 Å². The largest absolute Gasteiger partial charge is 0.483 e. The molecule has 1 aromatic rings. The molecule has 7 heteroatoms. The molecule has 2 heterocycles. The summed E-state index contributed by atoms with van der Waals surface area (Å²) in [6, 6.07) is 5.31. The Hall–Kier alpha value is -1.79. The van der Waals surface area contributed by atoms with E-state index in [9.17, 15) is 9.59 Å². The molecule has 2 amide bonds. The maximum Gasteiger partial charge on any atom is 0.260 e. The minimum Gasteiger partial charge on any atom is -0.483 e. The van der Waals surface area contributed by atoms with Gasteiger partial charge in [0.05, 0.1) is 6.04 Å². The molecule has 2 fully saturated rings. The van der Waals surface area contributed by atoms with Gasteiger partial charge in [0.1, 0.15) is 5.75 Å². The van der Waals surface area contributed by atoms with E-state index < -0.39 is 0 Å². The van der Waals surface area contributed by atoms with Gasteiger partial charge in [-0.25, -0.2) is 0 Å². The molecule has 0 aromatic heterocycles. The summed E-state index contributed by atoms with van der Waals surface area (Å²) < 4.78 is 5.68. The fraction of sp³-hybridized carbons (Fsp3) is 0.600. The standard InChI is InChI=1S/C20H28ClN3O3/c1-14-10-16(21)6-7-18(14)27-13-19(25)24-9-3-4-15(12-24)11-23-20(26)17-5-2-8-22-17/h6-7,10,15,17,22H,2-5,8-9,11-13H2,1H3,(H,23,26). The van der Waals surface area contributed by atoms with Gasteiger partial charge >= 0.3 is 0 Å². The highest BCUT2D eigenvalue weighted by molar-refractivity contribution is 6.30. The van der Waals surface area contributed by atoms with E-state index in [0.717, 1.165) is 44.3 Å². The summed E-state index contributed by atoms with van der Waals surface area (Å²) in [5.74, 6) is 1.04. The first kappa shape index (κ1) is 20.0. The van der Waals surface area contributed by atoms with Gasteiger partial charge in [0, 0.05) is 24.7 Å². The minimum atomic E-state index is -0.0534. The number of nitrogens with one attached hydrogen (secondary N) is 2. The third-order valence-electron chi connectivity index (χ3n) is 5.30. The Morgan fingerprint density at radius 2 is 2.19 bits per heavy atom. The first-order valence-corrected chi connectivity index (χ1v) is 10.1. The number of halogens is 1. The van der Waals surface area contributed by atoms with E-state index in [2.05, 4.69) is 10.6 Å². The summed E-state index contributed by atoms with van der Waals surface area (Å²) in [6.07, 6.45) is 3.94. The zero-order valence-corrected chi connectivity index (χ0v) is 16.6. The van der Waals surface area contributed by atoms with Crippen LogP contribution in [0.15, 0.2) is 18.2 Å². The molecule has 1 aromatic carbocycles. The average Bonchev–Trinajstić information content (AvgIpc) is 3.20. The minimum absolute atomic E-state index is 0.0159. The second-order valence-electron chi connectivity index (χ2n) is 7.44. The maximum absolute atomic E-state index is 12.5. The number of carbonyl (C=O) groups excluding carboxylic acids is 2. The van der Waals surface area contributed by atoms with Crippen molar-refractivity contribution in [2.24, 2.45) is 5.92 Å². The number of amides is 2. The van der Waals surface area contributed by atoms with E-state index in [1.54, 1.807) is 12.1 Å². The van der Waals surface area contributed by atoms with Crippen molar-refractivity contribution < 1.29 is 14.3 Å². The van der Waals surface area contributed by atoms with Gasteiger partial charge in [-0.2, -0.15) is 0 Å². The van der Waals surface area contributed by atoms with Crippen molar-refractivity contribution in [1.82, 2.24) is 15.5 Å². The lowest BCUT2D eigenvalue weighted by Crippen LogP contribution is -2.47. The molecule has 6 nitrogen and oxygen atoms in total. The quantitative estimate of drug-likeness (QED) is 0.776. The first-order valence-electron chi connectivity index (χ1n) is 9.71. The van der Waals surface area contributed by atoms with Crippen molar-refractivity contribution in [3.8, 4) is 5.75 Å². The Kier molecular flexibility index (Phi) is 6.96. The van der Waals surface area contributed by atoms with Crippen LogP contribution in [0.25, 0.3) is 0 Å². The number of aryl methyl sites for hydroxylation is 1. The number of ether oxygens (including phenoxy) is 1. The third kappa shape index (κ3) is 5.59. The Balaban J connectivity index is 1.44. The molecular formula is C20H28ClN3O3. The Morgan fingerprint density at radius 3 is 2.93 bits per heavy atom. The summed E-state index contributed by atoms with van der Waals surface area (Å²) in [4.78, 5) is 26.5. The number of rotatable bonds is 6. The zero-order valence-electron chi connectivity index (χ0n) is 15.8. The summed E-state index contributed by atoms with van der Waals surface area (Å²) in [5.41, 5.74) is 0.912. The number of carbonyl (C=O) groups is 2. The van der Waals surface area contributed by atoms with Gasteiger partial charge in [0.25, 0.3) is 5.91 Å². The second-order valence-corrected chi connectivity index (χ2v) is 7.88. The highest BCUT2D eigenvalue weighted by Gasteiger charge is 2.26. The normalized spacial score (nSPS) is 22.5. The van der Waals surface area contributed by atoms with E-state index in [1.165, 1.54) is 0 Å². The van der Waals surface area contributed by atoms with Gasteiger partial charge in [0.15, 0.2) is 6.61 Å². The summed E-state index contributed by atoms with van der Waals surface area (Å²) in [5, 5.41) is 6.90. The molecule has 2 saturated heterocycles. The molecule has 0 saturated carbocycles. The summed E-state index contributed by atoms with van der Waals surface area (Å²) in [6.45, 7) is 4.88. The Morgan fingerprint density at radius 1 is 1.33 bits per heavy atom. The van der Waals surface area contributed by atoms with Crippen molar-refractivity contribution in [3.05, 3.63) is 28.8 Å². The highest BCUT2D eigenvalue weighted by atomic mass is 35.5. The first-order chi connectivity index (χ1) is 13.0. The molecule has 0 bridgehead atoms. The van der Waals surface area contributed by atoms with Crippen molar-refractivity contribution in [2.75, 3.05) is 32.8 Å². The molecule has 2 N–H and O–H groups in total. The smallest absolute Gasteiger partial charge is 0.260 e. The molecule has 2 aliphatic heterocycles. The summed E-state index contributed by atoms with van der Waals surface area (Å²) >= 11 is 5.95. The molecule has 0 spiro atoms. The van der Waals surface area contributed by atoms with Gasteiger partial charge in [-0.3, -0.25) is 9.59 Å². The van der Waals surface area contributed by atoms with Crippen LogP contribution in [0.2, 0.25) is 5.02 Å². The van der Waals surface area contributed by atoms with Crippen LogP contribution in [0.5, 0.6) is 5.75 Å². The predicted molar refractivity (Wildman–Crippen MR) is 105 cm³/mol. The molecule has 0 radical (unpaired) electrons. The van der Waals surface area contributed by atoms with Crippen LogP contribution >= 0.6 is 11.6 Å². The second kappa shape index (κ2) is 9.42. The average molecular weight is 394 g/mol. The SMILES string of the molecule is Cc1cc(Cl)ccc1OCC(=O)N1CCCC(CNC(=O)C2CCCN2)C1. The maximum atomic E-state index is 12.5. The molecule has 2 aliphatic rings. The zero-order chi connectivity index (χ0) is 19.2. The fourth-order valence-corrected chi connectivity index (χ4v) is 3.97. The van der Waals surface area contributed by atoms with Gasteiger partial charge in [-0.1, -0.05) is 11.6 Å². The van der Waals surface area contributed by atoms with Crippen LogP contribution in [0.3, 0.4) is 0 Å². The van der Waals surface area contributed by atoms with Crippen molar-refractivity contribution in [3.63, 3.8) is 0 Å². The lowest BCUT2D eigenvalue weighted by molar-refractivity contribution is -0.135. The van der Waals surface area contributed by atoms with Crippen molar-refractivity contribution in [2.45, 2.75) is 38.6 Å². The van der Waals surface area contributed by atoms with Crippen LogP contribution in [0.4, 0.5) is 0 Å². The Bertz CT molecular complexity index is 676. The molecule has 3 rings (SSSR count). The van der Waals surface area contributed by atoms with Gasteiger partial charge in [-0.05, 0) is 68.8 Å².